The van der Waals surface area contributed by atoms with Gasteiger partial charge in [0.1, 0.15) is 11.6 Å². The zero-order valence-electron chi connectivity index (χ0n) is 16.8. The fourth-order valence-electron chi connectivity index (χ4n) is 2.88. The molecule has 0 atom stereocenters. The maximum Gasteiger partial charge on any atom is 0.256 e. The van der Waals surface area contributed by atoms with Crippen LogP contribution in [0.25, 0.3) is 5.95 Å². The normalized spacial score (nSPS) is 10.3. The molecule has 0 spiro atoms. The Morgan fingerprint density at radius 3 is 2.31 bits per heavy atom. The number of nitriles is 1. The Morgan fingerprint density at radius 1 is 1.07 bits per heavy atom. The summed E-state index contributed by atoms with van der Waals surface area (Å²) < 4.78 is 11.8. The number of amides is 1. The number of anilines is 1. The van der Waals surface area contributed by atoms with Crippen molar-refractivity contribution in [1.82, 2.24) is 19.7 Å². The van der Waals surface area contributed by atoms with Gasteiger partial charge in [0.25, 0.3) is 11.9 Å². The number of carbonyl (C=O) groups excluding carboxylic acids is 1. The topological polar surface area (TPSA) is 115 Å². The molecule has 2 heterocycles. The molecule has 1 aromatic carbocycles. The fraction of sp³-hybridized carbons (Fsp3) is 0.250. The second kappa shape index (κ2) is 7.98. The molecule has 0 aliphatic heterocycles. The van der Waals surface area contributed by atoms with Gasteiger partial charge in [-0.25, -0.2) is 9.97 Å². The van der Waals surface area contributed by atoms with Gasteiger partial charge in [-0.3, -0.25) is 4.79 Å². The molecule has 3 aromatic rings. The number of aromatic nitrogens is 4. The zero-order chi connectivity index (χ0) is 21.1. The summed E-state index contributed by atoms with van der Waals surface area (Å²) in [6.07, 6.45) is 0. The molecule has 2 aromatic heterocycles. The minimum atomic E-state index is -0.437. The molecule has 0 unspecified atom stereocenters. The molecule has 0 saturated carbocycles. The Balaban J connectivity index is 2.05. The molecule has 0 saturated heterocycles. The van der Waals surface area contributed by atoms with Crippen LogP contribution in [0.15, 0.2) is 24.3 Å². The summed E-state index contributed by atoms with van der Waals surface area (Å²) in [5.41, 5.74) is 2.52. The third-order valence-electron chi connectivity index (χ3n) is 4.21. The van der Waals surface area contributed by atoms with Gasteiger partial charge in [0.05, 0.1) is 19.9 Å². The minimum absolute atomic E-state index is 0.204. The minimum Gasteiger partial charge on any atom is -0.493 e. The lowest BCUT2D eigenvalue weighted by molar-refractivity contribution is 0.102. The van der Waals surface area contributed by atoms with Gasteiger partial charge in [-0.2, -0.15) is 15.0 Å². The Kier molecular flexibility index (Phi) is 5.45. The molecule has 0 aliphatic carbocycles. The standard InChI is InChI=1S/C20H20N6O3/c1-11-8-12(2)23-20(22-11)26-18(15(10-21)13(3)25-26)24-19(27)14-6-7-16(28-4)17(9-14)29-5/h6-9H,1-5H3,(H,24,27). The van der Waals surface area contributed by atoms with E-state index in [0.29, 0.717) is 22.8 Å². The Labute approximate surface area is 167 Å². The van der Waals surface area contributed by atoms with Crippen LogP contribution in [0.4, 0.5) is 5.82 Å². The van der Waals surface area contributed by atoms with E-state index in [4.69, 9.17) is 9.47 Å². The van der Waals surface area contributed by atoms with Gasteiger partial charge in [0, 0.05) is 17.0 Å². The van der Waals surface area contributed by atoms with Gasteiger partial charge < -0.3 is 14.8 Å². The summed E-state index contributed by atoms with van der Waals surface area (Å²) in [5, 5.41) is 16.7. The first kappa shape index (κ1) is 19.8. The number of aryl methyl sites for hydroxylation is 3. The molecular weight excluding hydrogens is 372 g/mol. The van der Waals surface area contributed by atoms with Gasteiger partial charge in [0.2, 0.25) is 0 Å². The third kappa shape index (κ3) is 3.87. The Hall–Kier alpha value is -3.93. The van der Waals surface area contributed by atoms with Gasteiger partial charge in [-0.05, 0) is 45.0 Å². The first-order valence-electron chi connectivity index (χ1n) is 8.73. The van der Waals surface area contributed by atoms with Crippen LogP contribution in [0.3, 0.4) is 0 Å². The maximum absolute atomic E-state index is 12.9. The largest absolute Gasteiger partial charge is 0.493 e. The van der Waals surface area contributed by atoms with E-state index >= 15 is 0 Å². The van der Waals surface area contributed by atoms with Gasteiger partial charge >= 0.3 is 0 Å². The van der Waals surface area contributed by atoms with Crippen molar-refractivity contribution in [3.63, 3.8) is 0 Å². The maximum atomic E-state index is 12.9. The number of benzene rings is 1. The van der Waals surface area contributed by atoms with Crippen LogP contribution in [0, 0.1) is 32.1 Å². The van der Waals surface area contributed by atoms with Gasteiger partial charge in [-0.1, -0.05) is 0 Å². The lowest BCUT2D eigenvalue weighted by atomic mass is 10.2. The first-order chi connectivity index (χ1) is 13.9. The summed E-state index contributed by atoms with van der Waals surface area (Å²) in [4.78, 5) is 21.6. The van der Waals surface area contributed by atoms with E-state index in [2.05, 4.69) is 26.5 Å². The number of methoxy groups -OCH3 is 2. The Morgan fingerprint density at radius 2 is 1.72 bits per heavy atom. The predicted octanol–water partition coefficient (Wildman–Crippen LogP) is 2.73. The van der Waals surface area contributed by atoms with Crippen molar-refractivity contribution in [2.45, 2.75) is 20.8 Å². The van der Waals surface area contributed by atoms with E-state index in [1.165, 1.54) is 18.9 Å². The van der Waals surface area contributed by atoms with E-state index in [0.717, 1.165) is 11.4 Å². The second-order valence-electron chi connectivity index (χ2n) is 6.31. The fourth-order valence-corrected chi connectivity index (χ4v) is 2.88. The molecule has 9 heteroatoms. The van der Waals surface area contributed by atoms with E-state index in [9.17, 15) is 10.1 Å². The summed E-state index contributed by atoms with van der Waals surface area (Å²) in [7, 11) is 3.01. The second-order valence-corrected chi connectivity index (χ2v) is 6.31. The van der Waals surface area contributed by atoms with Crippen LogP contribution in [0.1, 0.15) is 33.0 Å². The lowest BCUT2D eigenvalue weighted by Crippen LogP contribution is -2.17. The van der Waals surface area contributed by atoms with Crippen LogP contribution >= 0.6 is 0 Å². The van der Waals surface area contributed by atoms with Crippen LogP contribution < -0.4 is 14.8 Å². The summed E-state index contributed by atoms with van der Waals surface area (Å²) in [5.74, 6) is 0.965. The van der Waals surface area contributed by atoms with E-state index in [1.54, 1.807) is 25.1 Å². The highest BCUT2D eigenvalue weighted by atomic mass is 16.5. The summed E-state index contributed by atoms with van der Waals surface area (Å²) in [6, 6.07) is 8.70. The van der Waals surface area contributed by atoms with E-state index in [1.807, 2.05) is 19.9 Å². The molecule has 1 N–H and O–H groups in total. The summed E-state index contributed by atoms with van der Waals surface area (Å²) >= 11 is 0. The van der Waals surface area contributed by atoms with Crippen LogP contribution in [0.2, 0.25) is 0 Å². The molecule has 0 fully saturated rings. The van der Waals surface area contributed by atoms with Crippen LogP contribution in [-0.2, 0) is 0 Å². The molecule has 0 bridgehead atoms. The molecular formula is C20H20N6O3. The number of rotatable bonds is 5. The van der Waals surface area contributed by atoms with Crippen molar-refractivity contribution in [3.8, 4) is 23.5 Å². The molecule has 0 radical (unpaired) electrons. The average Bonchev–Trinajstić information content (AvgIpc) is 3.01. The molecule has 1 amide bonds. The van der Waals surface area contributed by atoms with E-state index in [-0.39, 0.29) is 17.3 Å². The predicted molar refractivity (Wildman–Crippen MR) is 106 cm³/mol. The van der Waals surface area contributed by atoms with Gasteiger partial charge in [-0.15, -0.1) is 0 Å². The number of hydrogen-bond donors (Lipinski definition) is 1. The number of carbonyl (C=O) groups is 1. The zero-order valence-corrected chi connectivity index (χ0v) is 16.8. The Bertz CT molecular complexity index is 1110. The smallest absolute Gasteiger partial charge is 0.256 e. The third-order valence-corrected chi connectivity index (χ3v) is 4.21. The number of ether oxygens (including phenoxy) is 2. The highest BCUT2D eigenvalue weighted by Crippen LogP contribution is 2.28. The monoisotopic (exact) mass is 392 g/mol. The van der Waals surface area contributed by atoms with Crippen molar-refractivity contribution < 1.29 is 14.3 Å². The molecule has 9 nitrogen and oxygen atoms in total. The van der Waals surface area contributed by atoms with Crippen LogP contribution in [-0.4, -0.2) is 39.9 Å². The van der Waals surface area contributed by atoms with Crippen molar-refractivity contribution >= 4 is 11.7 Å². The number of nitrogens with one attached hydrogen (secondary N) is 1. The quantitative estimate of drug-likeness (QED) is 0.710. The van der Waals surface area contributed by atoms with Crippen LogP contribution in [0.5, 0.6) is 11.5 Å². The number of nitrogens with zero attached hydrogens (tertiary/aromatic N) is 5. The van der Waals surface area contributed by atoms with Crippen molar-refractivity contribution in [2.75, 3.05) is 19.5 Å². The highest BCUT2D eigenvalue weighted by molar-refractivity contribution is 6.05. The molecule has 148 valence electrons. The van der Waals surface area contributed by atoms with E-state index < -0.39 is 5.91 Å². The average molecular weight is 392 g/mol. The molecule has 0 aliphatic rings. The molecule has 29 heavy (non-hydrogen) atoms. The molecule has 3 rings (SSSR count). The van der Waals surface area contributed by atoms with Crippen molar-refractivity contribution in [3.05, 3.63) is 52.5 Å². The number of hydrogen-bond acceptors (Lipinski definition) is 7. The lowest BCUT2D eigenvalue weighted by Gasteiger charge is -2.11. The van der Waals surface area contributed by atoms with Crippen molar-refractivity contribution in [1.29, 1.82) is 5.26 Å². The highest BCUT2D eigenvalue weighted by Gasteiger charge is 2.21. The van der Waals surface area contributed by atoms with Gasteiger partial charge in [0.15, 0.2) is 17.3 Å². The summed E-state index contributed by atoms with van der Waals surface area (Å²) in [6.45, 7) is 5.35. The SMILES string of the molecule is COc1ccc(C(=O)Nc2c(C#N)c(C)nn2-c2nc(C)cc(C)n2)cc1OC. The van der Waals surface area contributed by atoms with Crippen molar-refractivity contribution in [2.24, 2.45) is 0 Å². The first-order valence-corrected chi connectivity index (χ1v) is 8.73.